The Morgan fingerprint density at radius 1 is 1.33 bits per heavy atom. The van der Waals surface area contributed by atoms with E-state index >= 15 is 0 Å². The number of aromatic nitrogens is 2. The van der Waals surface area contributed by atoms with Crippen LogP contribution in [0, 0.1) is 0 Å². The van der Waals surface area contributed by atoms with E-state index in [0.717, 1.165) is 16.5 Å². The van der Waals surface area contributed by atoms with Crippen LogP contribution in [0.4, 0.5) is 0 Å². The van der Waals surface area contributed by atoms with Crippen molar-refractivity contribution in [3.8, 4) is 0 Å². The molecule has 3 rings (SSSR count). The zero-order valence-corrected chi connectivity index (χ0v) is 14.1. The molecule has 0 bridgehead atoms. The molecule has 0 radical (unpaired) electrons. The van der Waals surface area contributed by atoms with Gasteiger partial charge in [-0.05, 0) is 35.9 Å². The number of ether oxygens (including phenoxy) is 1. The number of carbonyl (C=O) groups excluding carboxylic acids is 1. The lowest BCUT2D eigenvalue weighted by atomic mass is 10.2. The molecule has 1 N–H and O–H groups in total. The second-order valence-electron chi connectivity index (χ2n) is 5.42. The van der Waals surface area contributed by atoms with Gasteiger partial charge in [0.2, 0.25) is 0 Å². The first-order chi connectivity index (χ1) is 11.7. The van der Waals surface area contributed by atoms with Crippen molar-refractivity contribution < 1.29 is 9.53 Å². The number of benzene rings is 1. The Morgan fingerprint density at radius 2 is 2.21 bits per heavy atom. The first-order valence-electron chi connectivity index (χ1n) is 7.64. The number of amides is 1. The van der Waals surface area contributed by atoms with E-state index in [9.17, 15) is 4.79 Å². The van der Waals surface area contributed by atoms with Crippen molar-refractivity contribution in [1.82, 2.24) is 14.9 Å². The minimum Gasteiger partial charge on any atom is -0.383 e. The van der Waals surface area contributed by atoms with Crippen LogP contribution in [0.2, 0.25) is 5.02 Å². The van der Waals surface area contributed by atoms with Crippen molar-refractivity contribution in [3.63, 3.8) is 0 Å². The number of fused-ring (bicyclic) bond motifs is 1. The molecule has 3 aromatic rings. The van der Waals surface area contributed by atoms with Gasteiger partial charge >= 0.3 is 0 Å². The van der Waals surface area contributed by atoms with Crippen LogP contribution >= 0.6 is 11.6 Å². The number of pyridine rings is 1. The summed E-state index contributed by atoms with van der Waals surface area (Å²) < 4.78 is 7.12. The zero-order valence-electron chi connectivity index (χ0n) is 13.3. The zero-order chi connectivity index (χ0) is 16.9. The summed E-state index contributed by atoms with van der Waals surface area (Å²) in [6, 6.07) is 11.2. The molecule has 2 aromatic heterocycles. The Hall–Kier alpha value is -2.37. The van der Waals surface area contributed by atoms with Crippen LogP contribution in [0.5, 0.6) is 0 Å². The smallest absolute Gasteiger partial charge is 0.268 e. The van der Waals surface area contributed by atoms with Crippen molar-refractivity contribution in [3.05, 3.63) is 65.1 Å². The van der Waals surface area contributed by atoms with Gasteiger partial charge in [-0.15, -0.1) is 0 Å². The highest BCUT2D eigenvalue weighted by atomic mass is 35.5. The minimum absolute atomic E-state index is 0.137. The lowest BCUT2D eigenvalue weighted by Gasteiger charge is -2.11. The maximum Gasteiger partial charge on any atom is 0.268 e. The van der Waals surface area contributed by atoms with Gasteiger partial charge in [0.1, 0.15) is 5.69 Å². The first kappa shape index (κ1) is 16.5. The molecule has 0 aliphatic carbocycles. The average Bonchev–Trinajstić information content (AvgIpc) is 2.96. The third-order valence-corrected chi connectivity index (χ3v) is 4.03. The van der Waals surface area contributed by atoms with Crippen LogP contribution in [0.15, 0.2) is 48.8 Å². The quantitative estimate of drug-likeness (QED) is 0.747. The normalized spacial score (nSPS) is 10.9. The number of hydrogen-bond acceptors (Lipinski definition) is 3. The van der Waals surface area contributed by atoms with Gasteiger partial charge in [0, 0.05) is 48.5 Å². The van der Waals surface area contributed by atoms with E-state index in [0.29, 0.717) is 30.4 Å². The van der Waals surface area contributed by atoms with Crippen LogP contribution < -0.4 is 5.32 Å². The van der Waals surface area contributed by atoms with Crippen LogP contribution in [0.1, 0.15) is 16.1 Å². The summed E-state index contributed by atoms with van der Waals surface area (Å²) >= 11 is 6.06. The third-order valence-electron chi connectivity index (χ3n) is 3.79. The molecular formula is C18H18ClN3O2. The second kappa shape index (κ2) is 7.47. The van der Waals surface area contributed by atoms with Crippen LogP contribution in [0.25, 0.3) is 10.9 Å². The predicted molar refractivity (Wildman–Crippen MR) is 94.2 cm³/mol. The number of nitrogens with zero attached hydrogens (tertiary/aromatic N) is 2. The monoisotopic (exact) mass is 343 g/mol. The molecule has 1 aromatic carbocycles. The molecule has 1 amide bonds. The molecule has 5 nitrogen and oxygen atoms in total. The number of carbonyl (C=O) groups is 1. The number of nitrogens with one attached hydrogen (secondary N) is 1. The largest absolute Gasteiger partial charge is 0.383 e. The number of methoxy groups -OCH3 is 1. The standard InChI is InChI=1S/C18H18ClN3O2/c1-24-8-7-22-16-5-4-15(19)9-14(16)10-17(22)18(23)21-12-13-3-2-6-20-11-13/h2-6,9-11H,7-8,12H2,1H3,(H,21,23). The van der Waals surface area contributed by atoms with E-state index in [4.69, 9.17) is 16.3 Å². The average molecular weight is 344 g/mol. The van der Waals surface area contributed by atoms with E-state index in [1.165, 1.54) is 0 Å². The van der Waals surface area contributed by atoms with Crippen molar-refractivity contribution >= 4 is 28.4 Å². The molecular weight excluding hydrogens is 326 g/mol. The topological polar surface area (TPSA) is 56.1 Å². The van der Waals surface area contributed by atoms with E-state index in [-0.39, 0.29) is 5.91 Å². The summed E-state index contributed by atoms with van der Waals surface area (Å²) in [7, 11) is 1.64. The summed E-state index contributed by atoms with van der Waals surface area (Å²) in [5.74, 6) is -0.137. The SMILES string of the molecule is COCCn1c(C(=O)NCc2cccnc2)cc2cc(Cl)ccc21. The van der Waals surface area contributed by atoms with E-state index in [1.54, 1.807) is 19.5 Å². The summed E-state index contributed by atoms with van der Waals surface area (Å²) in [5, 5.41) is 4.52. The van der Waals surface area contributed by atoms with Gasteiger partial charge in [0.15, 0.2) is 0 Å². The Kier molecular flexibility index (Phi) is 5.13. The second-order valence-corrected chi connectivity index (χ2v) is 5.86. The van der Waals surface area contributed by atoms with Crippen LogP contribution in [-0.2, 0) is 17.8 Å². The van der Waals surface area contributed by atoms with Gasteiger partial charge in [-0.25, -0.2) is 0 Å². The van der Waals surface area contributed by atoms with Gasteiger partial charge in [-0.3, -0.25) is 9.78 Å². The third kappa shape index (κ3) is 3.58. The summed E-state index contributed by atoms with van der Waals surface area (Å²) in [6.45, 7) is 1.55. The summed E-state index contributed by atoms with van der Waals surface area (Å²) in [5.41, 5.74) is 2.50. The van der Waals surface area contributed by atoms with Crippen molar-refractivity contribution in [1.29, 1.82) is 0 Å². The highest BCUT2D eigenvalue weighted by molar-refractivity contribution is 6.31. The van der Waals surface area contributed by atoms with Crippen LogP contribution in [-0.4, -0.2) is 29.2 Å². The fraction of sp³-hybridized carbons (Fsp3) is 0.222. The molecule has 0 aliphatic rings. The van der Waals surface area contributed by atoms with Gasteiger partial charge in [0.05, 0.1) is 6.61 Å². The predicted octanol–water partition coefficient (Wildman–Crippen LogP) is 3.27. The van der Waals surface area contributed by atoms with Gasteiger partial charge in [-0.1, -0.05) is 17.7 Å². The molecule has 0 aliphatic heterocycles. The molecule has 24 heavy (non-hydrogen) atoms. The van der Waals surface area contributed by atoms with Gasteiger partial charge < -0.3 is 14.6 Å². The van der Waals surface area contributed by atoms with Crippen LogP contribution in [0.3, 0.4) is 0 Å². The maximum atomic E-state index is 12.6. The van der Waals surface area contributed by atoms with E-state index < -0.39 is 0 Å². The lowest BCUT2D eigenvalue weighted by Crippen LogP contribution is -2.26. The van der Waals surface area contributed by atoms with Crippen molar-refractivity contribution in [2.45, 2.75) is 13.1 Å². The molecule has 0 atom stereocenters. The fourth-order valence-electron chi connectivity index (χ4n) is 2.63. The Balaban J connectivity index is 1.87. The molecule has 2 heterocycles. The molecule has 0 saturated carbocycles. The van der Waals surface area contributed by atoms with Gasteiger partial charge in [0.25, 0.3) is 5.91 Å². The molecule has 0 spiro atoms. The highest BCUT2D eigenvalue weighted by Crippen LogP contribution is 2.23. The van der Waals surface area contributed by atoms with E-state index in [2.05, 4.69) is 10.3 Å². The number of halogens is 1. The molecule has 0 saturated heterocycles. The Bertz CT molecular complexity index is 846. The summed E-state index contributed by atoms with van der Waals surface area (Å²) in [6.07, 6.45) is 3.44. The Labute approximate surface area is 145 Å². The number of rotatable bonds is 6. The van der Waals surface area contributed by atoms with E-state index in [1.807, 2.05) is 41.0 Å². The maximum absolute atomic E-state index is 12.6. The minimum atomic E-state index is -0.137. The summed E-state index contributed by atoms with van der Waals surface area (Å²) in [4.78, 5) is 16.7. The lowest BCUT2D eigenvalue weighted by molar-refractivity contribution is 0.0939. The highest BCUT2D eigenvalue weighted by Gasteiger charge is 2.15. The molecule has 6 heteroatoms. The Morgan fingerprint density at radius 3 is 2.96 bits per heavy atom. The molecule has 0 fully saturated rings. The van der Waals surface area contributed by atoms with Crippen molar-refractivity contribution in [2.75, 3.05) is 13.7 Å². The van der Waals surface area contributed by atoms with Gasteiger partial charge in [-0.2, -0.15) is 0 Å². The molecule has 0 unspecified atom stereocenters. The number of hydrogen-bond donors (Lipinski definition) is 1. The first-order valence-corrected chi connectivity index (χ1v) is 8.01. The fourth-order valence-corrected chi connectivity index (χ4v) is 2.81. The molecule has 124 valence electrons. The van der Waals surface area contributed by atoms with Crippen molar-refractivity contribution in [2.24, 2.45) is 0 Å².